The van der Waals surface area contributed by atoms with Crippen molar-refractivity contribution >= 4 is 22.7 Å². The van der Waals surface area contributed by atoms with Crippen LogP contribution < -0.4 is 5.32 Å². The number of hydrogen-bond donors (Lipinski definition) is 1. The van der Waals surface area contributed by atoms with Crippen molar-refractivity contribution in [3.05, 3.63) is 102 Å². The molecule has 1 saturated heterocycles. The molecule has 0 aliphatic carbocycles. The lowest BCUT2D eigenvalue weighted by atomic mass is 9.79. The first-order valence-electron chi connectivity index (χ1n) is 11.6. The number of hydrogen-bond acceptors (Lipinski definition) is 3. The summed E-state index contributed by atoms with van der Waals surface area (Å²) in [6.07, 6.45) is 2.90. The Morgan fingerprint density at radius 2 is 1.71 bits per heavy atom. The van der Waals surface area contributed by atoms with Gasteiger partial charge in [-0.25, -0.2) is 0 Å². The topological polar surface area (TPSA) is 62.3 Å². The van der Waals surface area contributed by atoms with E-state index in [2.05, 4.69) is 40.6 Å². The molecule has 1 atom stereocenters. The van der Waals surface area contributed by atoms with E-state index in [1.54, 1.807) is 18.1 Å². The van der Waals surface area contributed by atoms with Crippen LogP contribution in [0.1, 0.15) is 22.3 Å². The van der Waals surface area contributed by atoms with Crippen LogP contribution >= 0.6 is 0 Å². The molecule has 2 heterocycles. The highest BCUT2D eigenvalue weighted by atomic mass is 16.2. The highest BCUT2D eigenvalue weighted by Crippen LogP contribution is 2.36. The van der Waals surface area contributed by atoms with E-state index >= 15 is 0 Å². The molecule has 3 aromatic carbocycles. The molecule has 1 aromatic heterocycles. The Kier molecular flexibility index (Phi) is 5.84. The van der Waals surface area contributed by atoms with Gasteiger partial charge >= 0.3 is 0 Å². The summed E-state index contributed by atoms with van der Waals surface area (Å²) in [7, 11) is 1.67. The van der Waals surface area contributed by atoms with Gasteiger partial charge in [0.2, 0.25) is 5.91 Å². The van der Waals surface area contributed by atoms with Gasteiger partial charge in [-0.3, -0.25) is 14.6 Å². The van der Waals surface area contributed by atoms with Crippen LogP contribution in [-0.4, -0.2) is 41.8 Å². The second-order valence-corrected chi connectivity index (χ2v) is 8.96. The minimum absolute atomic E-state index is 0.0241. The second-order valence-electron chi connectivity index (χ2n) is 8.96. The summed E-state index contributed by atoms with van der Waals surface area (Å²) in [5.41, 5.74) is 3.96. The SMILES string of the molecule is CNC(=O)[C@@]1(Cc2cccc(-c3ccccc3)c2)CCN(C(=O)c2cccc3cccnc23)C1. The van der Waals surface area contributed by atoms with Gasteiger partial charge in [-0.15, -0.1) is 0 Å². The van der Waals surface area contributed by atoms with Gasteiger partial charge in [0.1, 0.15) is 0 Å². The zero-order chi connectivity index (χ0) is 23.5. The van der Waals surface area contributed by atoms with Crippen LogP contribution in [0.15, 0.2) is 91.1 Å². The number of aromatic nitrogens is 1. The van der Waals surface area contributed by atoms with Crippen molar-refractivity contribution in [3.8, 4) is 11.1 Å². The summed E-state index contributed by atoms with van der Waals surface area (Å²) in [6.45, 7) is 0.915. The number of carbonyl (C=O) groups excluding carboxylic acids is 2. The third kappa shape index (κ3) is 4.05. The molecule has 170 valence electrons. The number of fused-ring (bicyclic) bond motifs is 1. The van der Waals surface area contributed by atoms with Crippen molar-refractivity contribution in [2.24, 2.45) is 5.41 Å². The van der Waals surface area contributed by atoms with Crippen molar-refractivity contribution in [1.82, 2.24) is 15.2 Å². The molecule has 1 aliphatic heterocycles. The normalized spacial score (nSPS) is 17.6. The van der Waals surface area contributed by atoms with Crippen LogP contribution in [0, 0.1) is 5.41 Å². The Bertz CT molecular complexity index is 1350. The van der Waals surface area contributed by atoms with Crippen LogP contribution in [0.3, 0.4) is 0 Å². The molecule has 1 aliphatic rings. The molecule has 0 unspecified atom stereocenters. The largest absolute Gasteiger partial charge is 0.359 e. The summed E-state index contributed by atoms with van der Waals surface area (Å²) in [5.74, 6) is -0.0999. The van der Waals surface area contributed by atoms with Crippen molar-refractivity contribution in [1.29, 1.82) is 0 Å². The molecule has 0 spiro atoms. The smallest absolute Gasteiger partial charge is 0.256 e. The minimum Gasteiger partial charge on any atom is -0.359 e. The third-order valence-corrected chi connectivity index (χ3v) is 6.79. The number of para-hydroxylation sites is 1. The van der Waals surface area contributed by atoms with E-state index in [9.17, 15) is 9.59 Å². The number of benzene rings is 3. The first-order chi connectivity index (χ1) is 16.6. The Hall–Kier alpha value is -3.99. The maximum Gasteiger partial charge on any atom is 0.256 e. The molecule has 1 fully saturated rings. The molecule has 1 N–H and O–H groups in total. The van der Waals surface area contributed by atoms with Gasteiger partial charge in [0, 0.05) is 31.7 Å². The maximum absolute atomic E-state index is 13.5. The molecular formula is C29H27N3O2. The zero-order valence-corrected chi connectivity index (χ0v) is 19.2. The van der Waals surface area contributed by atoms with Crippen molar-refractivity contribution in [3.63, 3.8) is 0 Å². The Labute approximate surface area is 199 Å². The van der Waals surface area contributed by atoms with E-state index in [1.807, 2.05) is 54.6 Å². The summed E-state index contributed by atoms with van der Waals surface area (Å²) in [5, 5.41) is 3.79. The molecule has 0 bridgehead atoms. The molecule has 34 heavy (non-hydrogen) atoms. The molecule has 2 amide bonds. The van der Waals surface area contributed by atoms with Crippen LogP contribution in [-0.2, 0) is 11.2 Å². The number of likely N-dealkylation sites (tertiary alicyclic amines) is 1. The minimum atomic E-state index is -0.669. The molecule has 0 saturated carbocycles. The monoisotopic (exact) mass is 449 g/mol. The Balaban J connectivity index is 1.43. The molecular weight excluding hydrogens is 422 g/mol. The van der Waals surface area contributed by atoms with Gasteiger partial charge in [0.05, 0.1) is 16.5 Å². The standard InChI is InChI=1S/C29H27N3O2/c1-30-28(34)29(19-21-8-5-12-24(18-21)22-9-3-2-4-10-22)15-17-32(20-29)27(33)25-14-6-11-23-13-7-16-31-26(23)25/h2-14,16,18H,15,17,19-20H2,1H3,(H,30,34)/t29-/m1/s1. The number of nitrogens with zero attached hydrogens (tertiary/aromatic N) is 2. The maximum atomic E-state index is 13.5. The van der Waals surface area contributed by atoms with Gasteiger partial charge in [0.25, 0.3) is 5.91 Å². The first-order valence-corrected chi connectivity index (χ1v) is 11.6. The quantitative estimate of drug-likeness (QED) is 0.479. The van der Waals surface area contributed by atoms with Gasteiger partial charge < -0.3 is 10.2 Å². The molecule has 5 heteroatoms. The van der Waals surface area contributed by atoms with Crippen molar-refractivity contribution in [2.75, 3.05) is 20.1 Å². The van der Waals surface area contributed by atoms with Gasteiger partial charge in [-0.05, 0) is 41.7 Å². The number of nitrogens with one attached hydrogen (secondary N) is 1. The van der Waals surface area contributed by atoms with E-state index < -0.39 is 5.41 Å². The van der Waals surface area contributed by atoms with Gasteiger partial charge in [-0.2, -0.15) is 0 Å². The lowest BCUT2D eigenvalue weighted by molar-refractivity contribution is -0.129. The average molecular weight is 450 g/mol. The fourth-order valence-electron chi connectivity index (χ4n) is 5.05. The summed E-state index contributed by atoms with van der Waals surface area (Å²) in [6, 6.07) is 28.0. The van der Waals surface area contributed by atoms with E-state index in [4.69, 9.17) is 0 Å². The molecule has 4 aromatic rings. The lowest BCUT2D eigenvalue weighted by Crippen LogP contribution is -2.44. The van der Waals surface area contributed by atoms with Crippen LogP contribution in [0.4, 0.5) is 0 Å². The van der Waals surface area contributed by atoms with E-state index in [-0.39, 0.29) is 11.8 Å². The Morgan fingerprint density at radius 1 is 0.941 bits per heavy atom. The fraction of sp³-hybridized carbons (Fsp3) is 0.207. The predicted molar refractivity (Wildman–Crippen MR) is 134 cm³/mol. The fourth-order valence-corrected chi connectivity index (χ4v) is 5.05. The van der Waals surface area contributed by atoms with Gasteiger partial charge in [-0.1, -0.05) is 72.8 Å². The molecule has 0 radical (unpaired) electrons. The van der Waals surface area contributed by atoms with E-state index in [0.717, 1.165) is 22.1 Å². The third-order valence-electron chi connectivity index (χ3n) is 6.79. The summed E-state index contributed by atoms with van der Waals surface area (Å²) < 4.78 is 0. The van der Waals surface area contributed by atoms with Crippen molar-refractivity contribution in [2.45, 2.75) is 12.8 Å². The van der Waals surface area contributed by atoms with E-state index in [1.165, 1.54) is 0 Å². The first kappa shape index (κ1) is 21.8. The average Bonchev–Trinajstić information content (AvgIpc) is 3.33. The number of rotatable bonds is 5. The van der Waals surface area contributed by atoms with E-state index in [0.29, 0.717) is 37.0 Å². The second kappa shape index (κ2) is 9.10. The van der Waals surface area contributed by atoms with Crippen LogP contribution in [0.25, 0.3) is 22.0 Å². The van der Waals surface area contributed by atoms with Crippen LogP contribution in [0.2, 0.25) is 0 Å². The van der Waals surface area contributed by atoms with Crippen LogP contribution in [0.5, 0.6) is 0 Å². The number of amides is 2. The van der Waals surface area contributed by atoms with Crippen molar-refractivity contribution < 1.29 is 9.59 Å². The molecule has 5 rings (SSSR count). The summed E-state index contributed by atoms with van der Waals surface area (Å²) in [4.78, 5) is 32.9. The lowest BCUT2D eigenvalue weighted by Gasteiger charge is -2.28. The number of carbonyl (C=O) groups is 2. The number of pyridine rings is 1. The Morgan fingerprint density at radius 3 is 2.53 bits per heavy atom. The summed E-state index contributed by atoms with van der Waals surface area (Å²) >= 11 is 0. The highest BCUT2D eigenvalue weighted by Gasteiger charge is 2.45. The highest BCUT2D eigenvalue weighted by molar-refractivity contribution is 6.05. The zero-order valence-electron chi connectivity index (χ0n) is 19.2. The molecule has 5 nitrogen and oxygen atoms in total. The van der Waals surface area contributed by atoms with Gasteiger partial charge in [0.15, 0.2) is 0 Å². The predicted octanol–water partition coefficient (Wildman–Crippen LogP) is 4.72.